The van der Waals surface area contributed by atoms with Crippen LogP contribution in [0.1, 0.15) is 24.5 Å². The van der Waals surface area contributed by atoms with E-state index in [9.17, 15) is 0 Å². The van der Waals surface area contributed by atoms with E-state index in [2.05, 4.69) is 34.1 Å². The maximum atomic E-state index is 4.46. The van der Waals surface area contributed by atoms with Gasteiger partial charge in [-0.1, -0.05) is 13.3 Å². The van der Waals surface area contributed by atoms with Crippen molar-refractivity contribution < 1.29 is 0 Å². The average Bonchev–Trinajstić information content (AvgIpc) is 2.40. The Morgan fingerprint density at radius 3 is 2.78 bits per heavy atom. The molecule has 0 amide bonds. The quantitative estimate of drug-likeness (QED) is 0.895. The third-order valence-electron chi connectivity index (χ3n) is 2.96. The highest BCUT2D eigenvalue weighted by Gasteiger charge is 2.13. The zero-order valence-corrected chi connectivity index (χ0v) is 11.1. The van der Waals surface area contributed by atoms with Crippen LogP contribution in [0, 0.1) is 6.92 Å². The van der Waals surface area contributed by atoms with Gasteiger partial charge in [-0.3, -0.25) is 4.98 Å². The third kappa shape index (κ3) is 2.32. The van der Waals surface area contributed by atoms with Crippen LogP contribution in [-0.2, 0) is 6.42 Å². The van der Waals surface area contributed by atoms with Gasteiger partial charge in [-0.05, 0) is 25.0 Å². The average molecular weight is 242 g/mol. The Bertz CT molecular complexity index is 537. The first-order valence-corrected chi connectivity index (χ1v) is 6.20. The molecule has 0 saturated heterocycles. The SMILES string of the molecule is CCCc1c(NC)ncnc1-c1ccncc1C. The van der Waals surface area contributed by atoms with E-state index in [1.165, 1.54) is 5.56 Å². The summed E-state index contributed by atoms with van der Waals surface area (Å²) in [6.45, 7) is 4.22. The van der Waals surface area contributed by atoms with Gasteiger partial charge in [-0.15, -0.1) is 0 Å². The first-order chi connectivity index (χ1) is 8.77. The fraction of sp³-hybridized carbons (Fsp3) is 0.357. The molecule has 0 unspecified atom stereocenters. The number of pyridine rings is 1. The lowest BCUT2D eigenvalue weighted by atomic mass is 10.0. The van der Waals surface area contributed by atoms with Crippen molar-refractivity contribution >= 4 is 5.82 Å². The first kappa shape index (κ1) is 12.5. The fourth-order valence-electron chi connectivity index (χ4n) is 2.09. The Balaban J connectivity index is 2.60. The number of aryl methyl sites for hydroxylation is 1. The predicted molar refractivity (Wildman–Crippen MR) is 73.5 cm³/mol. The van der Waals surface area contributed by atoms with Crippen molar-refractivity contribution in [2.45, 2.75) is 26.7 Å². The van der Waals surface area contributed by atoms with Crippen LogP contribution in [0.3, 0.4) is 0 Å². The molecule has 0 atom stereocenters. The zero-order valence-electron chi connectivity index (χ0n) is 11.1. The van der Waals surface area contributed by atoms with Crippen molar-refractivity contribution in [3.8, 4) is 11.3 Å². The molecule has 2 aromatic heterocycles. The summed E-state index contributed by atoms with van der Waals surface area (Å²) < 4.78 is 0. The van der Waals surface area contributed by atoms with Gasteiger partial charge in [0.15, 0.2) is 0 Å². The minimum atomic E-state index is 0.915. The molecule has 0 bridgehead atoms. The number of nitrogens with zero attached hydrogens (tertiary/aromatic N) is 3. The molecule has 0 radical (unpaired) electrons. The van der Waals surface area contributed by atoms with Crippen LogP contribution in [0.2, 0.25) is 0 Å². The van der Waals surface area contributed by atoms with E-state index in [1.807, 2.05) is 19.3 Å². The number of anilines is 1. The molecular weight excluding hydrogens is 224 g/mol. The molecule has 0 spiro atoms. The summed E-state index contributed by atoms with van der Waals surface area (Å²) in [5, 5.41) is 3.14. The van der Waals surface area contributed by atoms with Gasteiger partial charge in [0.05, 0.1) is 5.69 Å². The van der Waals surface area contributed by atoms with Crippen molar-refractivity contribution in [1.29, 1.82) is 0 Å². The highest BCUT2D eigenvalue weighted by molar-refractivity contribution is 5.70. The number of rotatable bonds is 4. The molecule has 2 rings (SSSR count). The summed E-state index contributed by atoms with van der Waals surface area (Å²) in [7, 11) is 1.89. The minimum Gasteiger partial charge on any atom is -0.373 e. The van der Waals surface area contributed by atoms with Crippen LogP contribution in [0.15, 0.2) is 24.8 Å². The van der Waals surface area contributed by atoms with E-state index in [0.717, 1.165) is 35.5 Å². The van der Waals surface area contributed by atoms with Crippen LogP contribution in [0.4, 0.5) is 5.82 Å². The molecular formula is C14H18N4. The van der Waals surface area contributed by atoms with E-state index < -0.39 is 0 Å². The van der Waals surface area contributed by atoms with E-state index in [0.29, 0.717) is 0 Å². The van der Waals surface area contributed by atoms with Gasteiger partial charge in [-0.25, -0.2) is 9.97 Å². The molecule has 0 aliphatic heterocycles. The molecule has 4 nitrogen and oxygen atoms in total. The van der Waals surface area contributed by atoms with Gasteiger partial charge in [0.2, 0.25) is 0 Å². The topological polar surface area (TPSA) is 50.7 Å². The van der Waals surface area contributed by atoms with Crippen molar-refractivity contribution in [2.24, 2.45) is 0 Å². The molecule has 2 aromatic rings. The van der Waals surface area contributed by atoms with E-state index in [1.54, 1.807) is 12.5 Å². The second-order valence-corrected chi connectivity index (χ2v) is 4.24. The molecule has 1 N–H and O–H groups in total. The Morgan fingerprint density at radius 2 is 2.11 bits per heavy atom. The summed E-state index contributed by atoms with van der Waals surface area (Å²) >= 11 is 0. The summed E-state index contributed by atoms with van der Waals surface area (Å²) in [4.78, 5) is 12.9. The lowest BCUT2D eigenvalue weighted by Gasteiger charge is -2.13. The minimum absolute atomic E-state index is 0.915. The molecule has 0 saturated carbocycles. The van der Waals surface area contributed by atoms with Crippen molar-refractivity contribution in [1.82, 2.24) is 15.0 Å². The molecule has 0 aliphatic carbocycles. The first-order valence-electron chi connectivity index (χ1n) is 6.20. The van der Waals surface area contributed by atoms with Crippen molar-refractivity contribution in [2.75, 3.05) is 12.4 Å². The lowest BCUT2D eigenvalue weighted by Crippen LogP contribution is -2.03. The number of nitrogens with one attached hydrogen (secondary N) is 1. The normalized spacial score (nSPS) is 10.4. The highest BCUT2D eigenvalue weighted by Crippen LogP contribution is 2.28. The van der Waals surface area contributed by atoms with Gasteiger partial charge < -0.3 is 5.32 Å². The third-order valence-corrected chi connectivity index (χ3v) is 2.96. The Kier molecular flexibility index (Phi) is 3.87. The molecule has 0 aromatic carbocycles. The number of hydrogen-bond donors (Lipinski definition) is 1. The monoisotopic (exact) mass is 242 g/mol. The maximum Gasteiger partial charge on any atom is 0.132 e. The van der Waals surface area contributed by atoms with Crippen LogP contribution in [0.25, 0.3) is 11.3 Å². The summed E-state index contributed by atoms with van der Waals surface area (Å²) in [5.74, 6) is 0.915. The van der Waals surface area contributed by atoms with Crippen LogP contribution >= 0.6 is 0 Å². The zero-order chi connectivity index (χ0) is 13.0. The standard InChI is InChI=1S/C14H18N4/c1-4-5-12-13(17-9-18-14(12)15-3)11-6-7-16-8-10(11)2/h6-9H,4-5H2,1-3H3,(H,15,17,18). The number of hydrogen-bond acceptors (Lipinski definition) is 4. The molecule has 94 valence electrons. The lowest BCUT2D eigenvalue weighted by molar-refractivity contribution is 0.905. The van der Waals surface area contributed by atoms with Crippen LogP contribution in [-0.4, -0.2) is 22.0 Å². The second kappa shape index (κ2) is 5.58. The van der Waals surface area contributed by atoms with Gasteiger partial charge in [0, 0.05) is 30.6 Å². The smallest absolute Gasteiger partial charge is 0.132 e. The Morgan fingerprint density at radius 1 is 1.28 bits per heavy atom. The molecule has 18 heavy (non-hydrogen) atoms. The summed E-state index contributed by atoms with van der Waals surface area (Å²) in [5.41, 5.74) is 4.45. The molecule has 0 fully saturated rings. The van der Waals surface area contributed by atoms with E-state index >= 15 is 0 Å². The van der Waals surface area contributed by atoms with E-state index in [-0.39, 0.29) is 0 Å². The highest BCUT2D eigenvalue weighted by atomic mass is 15.0. The Labute approximate surface area is 108 Å². The van der Waals surface area contributed by atoms with Crippen LogP contribution < -0.4 is 5.32 Å². The van der Waals surface area contributed by atoms with Gasteiger partial charge >= 0.3 is 0 Å². The molecule has 4 heteroatoms. The summed E-state index contributed by atoms with van der Waals surface area (Å²) in [6, 6.07) is 2.01. The maximum absolute atomic E-state index is 4.46. The molecule has 0 aliphatic rings. The number of aromatic nitrogens is 3. The van der Waals surface area contributed by atoms with Crippen molar-refractivity contribution in [3.05, 3.63) is 35.9 Å². The van der Waals surface area contributed by atoms with Gasteiger partial charge in [-0.2, -0.15) is 0 Å². The van der Waals surface area contributed by atoms with Gasteiger partial charge in [0.1, 0.15) is 12.1 Å². The van der Waals surface area contributed by atoms with Crippen LogP contribution in [0.5, 0.6) is 0 Å². The Hall–Kier alpha value is -1.97. The van der Waals surface area contributed by atoms with Crippen molar-refractivity contribution in [3.63, 3.8) is 0 Å². The summed E-state index contributed by atoms with van der Waals surface area (Å²) in [6.07, 6.45) is 7.32. The fourth-order valence-corrected chi connectivity index (χ4v) is 2.09. The largest absolute Gasteiger partial charge is 0.373 e. The predicted octanol–water partition coefficient (Wildman–Crippen LogP) is 2.84. The van der Waals surface area contributed by atoms with E-state index in [4.69, 9.17) is 0 Å². The van der Waals surface area contributed by atoms with Gasteiger partial charge in [0.25, 0.3) is 0 Å². The second-order valence-electron chi connectivity index (χ2n) is 4.24. The molecule has 2 heterocycles.